The van der Waals surface area contributed by atoms with E-state index in [2.05, 4.69) is 0 Å². The van der Waals surface area contributed by atoms with Crippen LogP contribution in [0, 0.1) is 27.7 Å². The van der Waals surface area contributed by atoms with E-state index >= 15 is 0 Å². The van der Waals surface area contributed by atoms with Crippen LogP contribution in [0.1, 0.15) is 106 Å². The number of hydrogen-bond acceptors (Lipinski definition) is 0. The van der Waals surface area contributed by atoms with Gasteiger partial charge in [0.2, 0.25) is 0 Å². The predicted molar refractivity (Wildman–Crippen MR) is 170 cm³/mol. The smallest absolute Gasteiger partial charge is 0.166 e. The molecule has 238 valence electrons. The SMILES string of the molecule is CCCCc1cc(C(F)(F)F)cc(C2(c3cc(C(F)(F)F)cc(CCCC)c3C)c3cc(C)ccc3-c3ccc(C)cc32)c1C. The molecule has 0 aliphatic heterocycles. The van der Waals surface area contributed by atoms with Crippen LogP contribution in [0.25, 0.3) is 11.1 Å². The zero-order valence-electron chi connectivity index (χ0n) is 26.8. The molecule has 0 radical (unpaired) electrons. The van der Waals surface area contributed by atoms with E-state index in [9.17, 15) is 26.3 Å². The minimum Gasteiger partial charge on any atom is -0.166 e. The standard InChI is InChI=1S/C39H40F6/c1-7-9-11-27-19-29(38(40,41)42)21-33(25(27)5)37(34-22-30(39(43,44)45)20-28(26(34)6)12-10-8-2)35-17-23(3)13-15-31(35)32-16-14-24(4)18-36(32)37/h13-22H,7-12H2,1-6H3. The fourth-order valence-corrected chi connectivity index (χ4v) is 7.19. The van der Waals surface area contributed by atoms with Gasteiger partial charge < -0.3 is 0 Å². The van der Waals surface area contributed by atoms with Gasteiger partial charge in [-0.15, -0.1) is 0 Å². The number of unbranched alkanes of at least 4 members (excludes halogenated alkanes) is 2. The van der Waals surface area contributed by atoms with Crippen molar-refractivity contribution in [3.63, 3.8) is 0 Å². The zero-order valence-corrected chi connectivity index (χ0v) is 26.8. The van der Waals surface area contributed by atoms with Crippen LogP contribution in [0.15, 0.2) is 60.7 Å². The molecule has 1 aliphatic carbocycles. The maximum absolute atomic E-state index is 14.7. The average Bonchev–Trinajstić information content (AvgIpc) is 3.23. The van der Waals surface area contributed by atoms with Gasteiger partial charge in [0.15, 0.2) is 0 Å². The van der Waals surface area contributed by atoms with Gasteiger partial charge in [-0.2, -0.15) is 26.3 Å². The molecule has 0 aromatic heterocycles. The lowest BCUT2D eigenvalue weighted by Crippen LogP contribution is -2.32. The third-order valence-electron chi connectivity index (χ3n) is 9.54. The van der Waals surface area contributed by atoms with Crippen molar-refractivity contribution in [3.8, 4) is 11.1 Å². The van der Waals surface area contributed by atoms with Gasteiger partial charge in [-0.05, 0) is 133 Å². The van der Waals surface area contributed by atoms with E-state index < -0.39 is 28.9 Å². The van der Waals surface area contributed by atoms with Gasteiger partial charge in [0, 0.05) is 0 Å². The van der Waals surface area contributed by atoms with Crippen LogP contribution in [0.3, 0.4) is 0 Å². The molecule has 0 amide bonds. The predicted octanol–water partition coefficient (Wildman–Crippen LogP) is 12.0. The second-order valence-corrected chi connectivity index (χ2v) is 12.7. The first-order valence-electron chi connectivity index (χ1n) is 15.8. The fourth-order valence-electron chi connectivity index (χ4n) is 7.19. The van der Waals surface area contributed by atoms with E-state index in [1.54, 1.807) is 0 Å². The second kappa shape index (κ2) is 12.0. The average molecular weight is 623 g/mol. The lowest BCUT2D eigenvalue weighted by molar-refractivity contribution is -0.138. The third kappa shape index (κ3) is 5.70. The molecule has 1 aliphatic rings. The summed E-state index contributed by atoms with van der Waals surface area (Å²) in [5, 5.41) is 0. The van der Waals surface area contributed by atoms with Crippen LogP contribution in [-0.4, -0.2) is 0 Å². The first-order valence-corrected chi connectivity index (χ1v) is 15.8. The largest absolute Gasteiger partial charge is 0.416 e. The Bertz CT molecular complexity index is 1610. The fraction of sp³-hybridized carbons (Fsp3) is 0.385. The normalized spacial score (nSPS) is 14.0. The van der Waals surface area contributed by atoms with Gasteiger partial charge in [-0.1, -0.05) is 74.2 Å². The molecule has 0 fully saturated rings. The van der Waals surface area contributed by atoms with Crippen molar-refractivity contribution in [1.29, 1.82) is 0 Å². The van der Waals surface area contributed by atoms with E-state index in [1.807, 2.05) is 77.9 Å². The quantitative estimate of drug-likeness (QED) is 0.151. The van der Waals surface area contributed by atoms with Crippen molar-refractivity contribution >= 4 is 0 Å². The van der Waals surface area contributed by atoms with Crippen molar-refractivity contribution in [2.45, 2.75) is 97.8 Å². The summed E-state index contributed by atoms with van der Waals surface area (Å²) < 4.78 is 88.1. The number of rotatable bonds is 8. The highest BCUT2D eigenvalue weighted by molar-refractivity contribution is 5.88. The molecular weight excluding hydrogens is 582 g/mol. The van der Waals surface area contributed by atoms with Crippen LogP contribution in [0.2, 0.25) is 0 Å². The number of aryl methyl sites for hydroxylation is 4. The highest BCUT2D eigenvalue weighted by Gasteiger charge is 2.50. The van der Waals surface area contributed by atoms with E-state index in [4.69, 9.17) is 0 Å². The molecular formula is C39H40F6. The summed E-state index contributed by atoms with van der Waals surface area (Å²) in [4.78, 5) is 0. The second-order valence-electron chi connectivity index (χ2n) is 12.7. The van der Waals surface area contributed by atoms with Crippen LogP contribution in [0.5, 0.6) is 0 Å². The molecule has 0 atom stereocenters. The van der Waals surface area contributed by atoms with Crippen molar-refractivity contribution < 1.29 is 26.3 Å². The Morgan fingerprint density at radius 2 is 0.889 bits per heavy atom. The highest BCUT2D eigenvalue weighted by Crippen LogP contribution is 2.59. The molecule has 0 N–H and O–H groups in total. The highest BCUT2D eigenvalue weighted by atomic mass is 19.4. The number of halogens is 6. The lowest BCUT2D eigenvalue weighted by atomic mass is 9.63. The van der Waals surface area contributed by atoms with Crippen molar-refractivity contribution in [2.24, 2.45) is 0 Å². The summed E-state index contributed by atoms with van der Waals surface area (Å²) in [6, 6.07) is 16.6. The Morgan fingerprint density at radius 1 is 0.511 bits per heavy atom. The van der Waals surface area contributed by atoms with Gasteiger partial charge in [0.05, 0.1) is 16.5 Å². The van der Waals surface area contributed by atoms with Crippen LogP contribution in [0.4, 0.5) is 26.3 Å². The van der Waals surface area contributed by atoms with Crippen LogP contribution >= 0.6 is 0 Å². The summed E-state index contributed by atoms with van der Waals surface area (Å²) in [7, 11) is 0. The van der Waals surface area contributed by atoms with Crippen LogP contribution in [-0.2, 0) is 30.6 Å². The Kier molecular flexibility index (Phi) is 8.76. The zero-order chi connectivity index (χ0) is 32.9. The van der Waals surface area contributed by atoms with Crippen molar-refractivity contribution in [2.75, 3.05) is 0 Å². The summed E-state index contributed by atoms with van der Waals surface area (Å²) in [6.45, 7) is 11.5. The molecule has 0 unspecified atom stereocenters. The number of benzene rings is 4. The number of hydrogen-bond donors (Lipinski definition) is 0. The maximum Gasteiger partial charge on any atom is 0.416 e. The van der Waals surface area contributed by atoms with Crippen LogP contribution < -0.4 is 0 Å². The van der Waals surface area contributed by atoms with Gasteiger partial charge in [0.1, 0.15) is 0 Å². The van der Waals surface area contributed by atoms with E-state index in [0.29, 0.717) is 59.1 Å². The third-order valence-corrected chi connectivity index (χ3v) is 9.54. The maximum atomic E-state index is 14.7. The van der Waals surface area contributed by atoms with Gasteiger partial charge in [0.25, 0.3) is 0 Å². The van der Waals surface area contributed by atoms with Gasteiger partial charge in [-0.25, -0.2) is 0 Å². The monoisotopic (exact) mass is 622 g/mol. The Hall–Kier alpha value is -3.54. The number of fused-ring (bicyclic) bond motifs is 3. The first kappa shape index (κ1) is 32.8. The molecule has 45 heavy (non-hydrogen) atoms. The molecule has 0 bridgehead atoms. The van der Waals surface area contributed by atoms with E-state index in [-0.39, 0.29) is 0 Å². The van der Waals surface area contributed by atoms with Crippen molar-refractivity contribution in [1.82, 2.24) is 0 Å². The van der Waals surface area contributed by atoms with Gasteiger partial charge in [-0.3, -0.25) is 0 Å². The Morgan fingerprint density at radius 3 is 1.22 bits per heavy atom. The van der Waals surface area contributed by atoms with Crippen molar-refractivity contribution in [3.05, 3.63) is 127 Å². The molecule has 0 nitrogen and oxygen atoms in total. The molecule has 0 heterocycles. The molecule has 0 spiro atoms. The Labute approximate surface area is 262 Å². The lowest BCUT2D eigenvalue weighted by Gasteiger charge is -2.38. The summed E-state index contributed by atoms with van der Waals surface area (Å²) in [6.07, 6.45) is -5.39. The molecule has 4 aromatic carbocycles. The summed E-state index contributed by atoms with van der Waals surface area (Å²) in [5.41, 5.74) is 5.21. The first-order chi connectivity index (χ1) is 21.1. The summed E-state index contributed by atoms with van der Waals surface area (Å²) in [5.74, 6) is 0. The van der Waals surface area contributed by atoms with E-state index in [1.165, 1.54) is 24.3 Å². The Balaban J connectivity index is 2.06. The molecule has 6 heteroatoms. The molecule has 0 saturated carbocycles. The molecule has 4 aromatic rings. The van der Waals surface area contributed by atoms with Gasteiger partial charge >= 0.3 is 12.4 Å². The summed E-state index contributed by atoms with van der Waals surface area (Å²) >= 11 is 0. The van der Waals surface area contributed by atoms with E-state index in [0.717, 1.165) is 46.2 Å². The molecule has 5 rings (SSSR count). The minimum atomic E-state index is -4.64. The molecule has 0 saturated heterocycles. The topological polar surface area (TPSA) is 0 Å². The minimum absolute atomic E-state index is 0.392. The number of alkyl halides is 6.